The lowest BCUT2D eigenvalue weighted by molar-refractivity contribution is -0.138. The summed E-state index contributed by atoms with van der Waals surface area (Å²) in [6.45, 7) is 3.18. The van der Waals surface area contributed by atoms with Crippen LogP contribution >= 0.6 is 0 Å². The molecule has 2 amide bonds. The zero-order valence-electron chi connectivity index (χ0n) is 34.1. The Morgan fingerprint density at radius 3 is 1.42 bits per heavy atom. The van der Waals surface area contributed by atoms with Crippen LogP contribution in [0, 0.1) is 13.8 Å². The summed E-state index contributed by atoms with van der Waals surface area (Å²) in [6, 6.07) is 47.9. The number of rotatable bonds is 6. The molecule has 0 bridgehead atoms. The number of aromatic nitrogens is 1. The SMILES string of the molecule is Cc1cc(-c2ccc3c(c2)c2cc(-c4cc(C)cc(C(F)(F)F)c4)ccc2n3-c2cccc3c2C(=O)N(c2cc(-c4ccccc4)ccc2-c2ccccc2)C3=O)cc(C(F)(F)F)c1. The third kappa shape index (κ3) is 6.91. The van der Waals surface area contributed by atoms with Gasteiger partial charge in [0, 0.05) is 16.3 Å². The standard InChI is InChI=1S/C54H34F6N2O2/c1-31-22-38(26-40(24-31)53(55,56)57)35-17-20-46-44(28-35)45-29-36(39-23-32(2)25-41(27-39)54(58,59)60)18-21-47(45)61(46)48-15-9-14-43-50(48)52(64)62(51(43)63)49-30-37(33-10-5-3-6-11-33)16-19-42(49)34-12-7-4-8-13-34/h3-30H,1-2H3. The molecule has 64 heavy (non-hydrogen) atoms. The first kappa shape index (κ1) is 40.4. The normalized spacial score (nSPS) is 13.0. The van der Waals surface area contributed by atoms with Crippen molar-refractivity contribution >= 4 is 39.3 Å². The number of carbonyl (C=O) groups excluding carboxylic acids is 2. The highest BCUT2D eigenvalue weighted by Gasteiger charge is 2.41. The molecule has 1 aromatic heterocycles. The maximum atomic E-state index is 15.1. The van der Waals surface area contributed by atoms with E-state index in [1.807, 2.05) is 83.4 Å². The van der Waals surface area contributed by atoms with Crippen LogP contribution in [-0.4, -0.2) is 16.4 Å². The zero-order valence-corrected chi connectivity index (χ0v) is 34.1. The van der Waals surface area contributed by atoms with Gasteiger partial charge in [0.15, 0.2) is 0 Å². The van der Waals surface area contributed by atoms with Crippen LogP contribution < -0.4 is 4.90 Å². The van der Waals surface area contributed by atoms with Gasteiger partial charge in [-0.1, -0.05) is 103 Å². The number of carbonyl (C=O) groups is 2. The van der Waals surface area contributed by atoms with Gasteiger partial charge in [-0.3, -0.25) is 9.59 Å². The van der Waals surface area contributed by atoms with Gasteiger partial charge in [0.05, 0.1) is 44.7 Å². The Kier molecular flexibility index (Phi) is 9.44. The van der Waals surface area contributed by atoms with Gasteiger partial charge in [-0.25, -0.2) is 4.90 Å². The molecule has 1 aliphatic rings. The van der Waals surface area contributed by atoms with Crippen molar-refractivity contribution in [2.75, 3.05) is 4.90 Å². The summed E-state index contributed by atoms with van der Waals surface area (Å²) in [7, 11) is 0. The molecule has 0 radical (unpaired) electrons. The second kappa shape index (κ2) is 15.0. The van der Waals surface area contributed by atoms with Gasteiger partial charge in [0.25, 0.3) is 11.8 Å². The van der Waals surface area contributed by atoms with Crippen LogP contribution in [0.5, 0.6) is 0 Å². The number of benzene rings is 8. The predicted octanol–water partition coefficient (Wildman–Crippen LogP) is 14.9. The third-order valence-corrected chi connectivity index (χ3v) is 11.8. The Balaban J connectivity index is 1.19. The molecule has 10 heteroatoms. The second-order valence-corrected chi connectivity index (χ2v) is 16.1. The molecule has 0 aliphatic carbocycles. The Labute approximate surface area is 363 Å². The number of hydrogen-bond donors (Lipinski definition) is 0. The topological polar surface area (TPSA) is 42.3 Å². The number of halogens is 6. The van der Waals surface area contributed by atoms with E-state index in [1.165, 1.54) is 4.90 Å². The summed E-state index contributed by atoms with van der Waals surface area (Å²) in [4.78, 5) is 31.0. The largest absolute Gasteiger partial charge is 0.416 e. The number of imide groups is 1. The minimum atomic E-state index is -4.59. The van der Waals surface area contributed by atoms with Crippen LogP contribution in [0.3, 0.4) is 0 Å². The fraction of sp³-hybridized carbons (Fsp3) is 0.0741. The lowest BCUT2D eigenvalue weighted by atomic mass is 9.96. The number of alkyl halides is 6. The van der Waals surface area contributed by atoms with E-state index in [9.17, 15) is 31.1 Å². The first-order valence-electron chi connectivity index (χ1n) is 20.4. The molecule has 10 rings (SSSR count). The Morgan fingerprint density at radius 2 is 0.891 bits per heavy atom. The maximum Gasteiger partial charge on any atom is 0.416 e. The Bertz CT molecular complexity index is 3250. The van der Waals surface area contributed by atoms with Crippen LogP contribution in [0.25, 0.3) is 72.0 Å². The third-order valence-electron chi connectivity index (χ3n) is 11.8. The van der Waals surface area contributed by atoms with Crippen molar-refractivity contribution in [1.82, 2.24) is 4.57 Å². The van der Waals surface area contributed by atoms with Gasteiger partial charge in [0.1, 0.15) is 0 Å². The van der Waals surface area contributed by atoms with Crippen LogP contribution in [-0.2, 0) is 12.4 Å². The van der Waals surface area contributed by atoms with Crippen molar-refractivity contribution in [3.05, 3.63) is 203 Å². The van der Waals surface area contributed by atoms with Gasteiger partial charge in [0.2, 0.25) is 0 Å². The highest BCUT2D eigenvalue weighted by Crippen LogP contribution is 2.44. The van der Waals surface area contributed by atoms with Crippen LogP contribution in [0.4, 0.5) is 32.0 Å². The molecule has 0 saturated carbocycles. The monoisotopic (exact) mass is 856 g/mol. The van der Waals surface area contributed by atoms with E-state index in [0.29, 0.717) is 72.1 Å². The molecule has 0 atom stereocenters. The average Bonchev–Trinajstić information content (AvgIpc) is 3.74. The highest BCUT2D eigenvalue weighted by atomic mass is 19.4. The van der Waals surface area contributed by atoms with E-state index in [4.69, 9.17) is 0 Å². The van der Waals surface area contributed by atoms with Crippen LogP contribution in [0.1, 0.15) is 43.0 Å². The summed E-state index contributed by atoms with van der Waals surface area (Å²) in [6.07, 6.45) is -9.18. The van der Waals surface area contributed by atoms with Crippen molar-refractivity contribution in [2.45, 2.75) is 26.2 Å². The van der Waals surface area contributed by atoms with Gasteiger partial charge in [-0.2, -0.15) is 26.3 Å². The number of anilines is 1. The minimum Gasteiger partial charge on any atom is -0.308 e. The molecule has 8 aromatic carbocycles. The highest BCUT2D eigenvalue weighted by molar-refractivity contribution is 6.36. The van der Waals surface area contributed by atoms with Crippen molar-refractivity contribution in [3.63, 3.8) is 0 Å². The number of nitrogens with zero attached hydrogens (tertiary/aromatic N) is 2. The minimum absolute atomic E-state index is 0.144. The molecule has 0 unspecified atom stereocenters. The molecule has 4 nitrogen and oxygen atoms in total. The van der Waals surface area contributed by atoms with E-state index >= 15 is 4.79 Å². The van der Waals surface area contributed by atoms with Crippen molar-refractivity contribution in [3.8, 4) is 50.2 Å². The van der Waals surface area contributed by atoms with E-state index in [-0.39, 0.29) is 11.1 Å². The molecule has 314 valence electrons. The van der Waals surface area contributed by atoms with E-state index < -0.39 is 35.3 Å². The zero-order chi connectivity index (χ0) is 44.7. The summed E-state index contributed by atoms with van der Waals surface area (Å²) in [5, 5.41) is 1.14. The van der Waals surface area contributed by atoms with Gasteiger partial charge in [-0.15, -0.1) is 0 Å². The number of hydrogen-bond acceptors (Lipinski definition) is 2. The Hall–Kier alpha value is -7.72. The average molecular weight is 857 g/mol. The lowest BCUT2D eigenvalue weighted by Crippen LogP contribution is -2.30. The molecule has 1 aliphatic heterocycles. The van der Waals surface area contributed by atoms with Crippen LogP contribution in [0.15, 0.2) is 170 Å². The summed E-state index contributed by atoms with van der Waals surface area (Å²) < 4.78 is 86.0. The first-order valence-corrected chi connectivity index (χ1v) is 20.4. The molecule has 9 aromatic rings. The smallest absolute Gasteiger partial charge is 0.308 e. The molecule has 0 N–H and O–H groups in total. The van der Waals surface area contributed by atoms with Crippen molar-refractivity contribution in [2.24, 2.45) is 0 Å². The summed E-state index contributed by atoms with van der Waals surface area (Å²) >= 11 is 0. The number of fused-ring (bicyclic) bond motifs is 4. The van der Waals surface area contributed by atoms with Crippen LogP contribution in [0.2, 0.25) is 0 Å². The molecular formula is C54H34F6N2O2. The lowest BCUT2D eigenvalue weighted by Gasteiger charge is -2.20. The number of amides is 2. The van der Waals surface area contributed by atoms with Gasteiger partial charge < -0.3 is 4.57 Å². The molecule has 0 fully saturated rings. The fourth-order valence-corrected chi connectivity index (χ4v) is 8.93. The first-order chi connectivity index (χ1) is 30.6. The molecule has 0 spiro atoms. The Morgan fingerprint density at radius 1 is 0.391 bits per heavy atom. The van der Waals surface area contributed by atoms with E-state index in [1.54, 1.807) is 80.6 Å². The summed E-state index contributed by atoms with van der Waals surface area (Å²) in [5.74, 6) is -1.07. The van der Waals surface area contributed by atoms with Crippen molar-refractivity contribution in [1.29, 1.82) is 0 Å². The molecule has 2 heterocycles. The summed E-state index contributed by atoms with van der Waals surface area (Å²) in [5.41, 5.74) is 6.19. The van der Waals surface area contributed by atoms with E-state index in [2.05, 4.69) is 0 Å². The second-order valence-electron chi connectivity index (χ2n) is 16.1. The predicted molar refractivity (Wildman–Crippen MR) is 240 cm³/mol. The maximum absolute atomic E-state index is 15.1. The van der Waals surface area contributed by atoms with Gasteiger partial charge >= 0.3 is 12.4 Å². The van der Waals surface area contributed by atoms with E-state index in [0.717, 1.165) is 41.0 Å². The van der Waals surface area contributed by atoms with Gasteiger partial charge in [-0.05, 0) is 131 Å². The number of aryl methyl sites for hydroxylation is 2. The molecule has 0 saturated heterocycles. The quantitative estimate of drug-likeness (QED) is 0.123. The van der Waals surface area contributed by atoms with Crippen molar-refractivity contribution < 1.29 is 35.9 Å². The fourth-order valence-electron chi connectivity index (χ4n) is 8.93. The molecular weight excluding hydrogens is 823 g/mol.